The van der Waals surface area contributed by atoms with Gasteiger partial charge in [-0.1, -0.05) is 6.07 Å². The molecule has 0 fully saturated rings. The van der Waals surface area contributed by atoms with E-state index in [1.54, 1.807) is 35.0 Å². The number of carbonyl (C=O) groups is 1. The highest BCUT2D eigenvalue weighted by atomic mass is 16.5. The number of aromatic nitrogens is 2. The lowest BCUT2D eigenvalue weighted by molar-refractivity contribution is -0.150. The SMILES string of the molecule is N#CCOC(C(=O)O)c1ncc2ccccn12. The minimum atomic E-state index is -1.24. The predicted molar refractivity (Wildman–Crippen MR) is 57.1 cm³/mol. The first-order valence-electron chi connectivity index (χ1n) is 4.87. The summed E-state index contributed by atoms with van der Waals surface area (Å²) in [5, 5.41) is 17.5. The summed E-state index contributed by atoms with van der Waals surface area (Å²) in [5.74, 6) is -0.917. The minimum absolute atomic E-state index is 0.253. The number of nitriles is 1. The fourth-order valence-electron chi connectivity index (χ4n) is 1.54. The molecule has 0 radical (unpaired) electrons. The Labute approximate surface area is 96.7 Å². The van der Waals surface area contributed by atoms with E-state index < -0.39 is 12.1 Å². The first-order chi connectivity index (χ1) is 8.24. The van der Waals surface area contributed by atoms with Crippen molar-refractivity contribution in [2.45, 2.75) is 6.10 Å². The number of nitrogens with zero attached hydrogens (tertiary/aromatic N) is 3. The molecule has 0 bridgehead atoms. The highest BCUT2D eigenvalue weighted by molar-refractivity contribution is 5.73. The van der Waals surface area contributed by atoms with Crippen LogP contribution in [0.5, 0.6) is 0 Å². The second-order valence-corrected chi connectivity index (χ2v) is 3.30. The van der Waals surface area contributed by atoms with Crippen LogP contribution in [-0.4, -0.2) is 27.1 Å². The molecule has 0 aliphatic heterocycles. The second kappa shape index (κ2) is 4.63. The first-order valence-corrected chi connectivity index (χ1v) is 4.87. The van der Waals surface area contributed by atoms with Crippen LogP contribution in [0.3, 0.4) is 0 Å². The number of hydrogen-bond acceptors (Lipinski definition) is 4. The zero-order chi connectivity index (χ0) is 12.3. The predicted octanol–water partition coefficient (Wildman–Crippen LogP) is 1.00. The smallest absolute Gasteiger partial charge is 0.340 e. The van der Waals surface area contributed by atoms with E-state index in [0.29, 0.717) is 0 Å². The summed E-state index contributed by atoms with van der Waals surface area (Å²) < 4.78 is 6.58. The summed E-state index contributed by atoms with van der Waals surface area (Å²) >= 11 is 0. The molecule has 2 aromatic heterocycles. The molecule has 0 aliphatic rings. The van der Waals surface area contributed by atoms with Crippen LogP contribution < -0.4 is 0 Å². The number of carboxylic acid groups (broad SMARTS) is 1. The Balaban J connectivity index is 2.42. The summed E-state index contributed by atoms with van der Waals surface area (Å²) in [6.07, 6.45) is 2.02. The van der Waals surface area contributed by atoms with Gasteiger partial charge in [0.15, 0.2) is 5.82 Å². The van der Waals surface area contributed by atoms with Crippen molar-refractivity contribution in [2.24, 2.45) is 0 Å². The average Bonchev–Trinajstić information content (AvgIpc) is 2.73. The molecule has 2 rings (SSSR count). The molecule has 2 heterocycles. The van der Waals surface area contributed by atoms with Crippen molar-refractivity contribution in [3.05, 3.63) is 36.4 Å². The van der Waals surface area contributed by atoms with Crippen LogP contribution >= 0.6 is 0 Å². The molecule has 1 atom stereocenters. The van der Waals surface area contributed by atoms with Crippen LogP contribution in [0.15, 0.2) is 30.6 Å². The van der Waals surface area contributed by atoms with Gasteiger partial charge in [-0.05, 0) is 12.1 Å². The molecule has 0 aromatic carbocycles. The number of fused-ring (bicyclic) bond motifs is 1. The number of ether oxygens (including phenoxy) is 1. The average molecular weight is 231 g/mol. The van der Waals surface area contributed by atoms with Crippen molar-refractivity contribution in [1.82, 2.24) is 9.38 Å². The molecule has 86 valence electrons. The number of pyridine rings is 1. The maximum absolute atomic E-state index is 11.1. The number of aliphatic carboxylic acids is 1. The van der Waals surface area contributed by atoms with Gasteiger partial charge in [-0.15, -0.1) is 0 Å². The molecule has 1 unspecified atom stereocenters. The van der Waals surface area contributed by atoms with Gasteiger partial charge in [-0.3, -0.25) is 0 Å². The number of hydrogen-bond donors (Lipinski definition) is 1. The minimum Gasteiger partial charge on any atom is -0.479 e. The molecule has 0 amide bonds. The number of carboxylic acids is 1. The zero-order valence-electron chi connectivity index (χ0n) is 8.78. The van der Waals surface area contributed by atoms with Crippen LogP contribution in [0.1, 0.15) is 11.9 Å². The molecule has 0 spiro atoms. The molecule has 6 heteroatoms. The maximum atomic E-state index is 11.1. The van der Waals surface area contributed by atoms with E-state index >= 15 is 0 Å². The fraction of sp³-hybridized carbons (Fsp3) is 0.182. The fourth-order valence-corrected chi connectivity index (χ4v) is 1.54. The third kappa shape index (κ3) is 2.09. The summed E-state index contributed by atoms with van der Waals surface area (Å²) in [5.41, 5.74) is 0.773. The monoisotopic (exact) mass is 231 g/mol. The topological polar surface area (TPSA) is 87.6 Å². The Morgan fingerprint density at radius 2 is 2.47 bits per heavy atom. The molecule has 2 aromatic rings. The molecule has 0 saturated heterocycles. The lowest BCUT2D eigenvalue weighted by atomic mass is 10.3. The summed E-state index contributed by atoms with van der Waals surface area (Å²) in [6, 6.07) is 7.14. The van der Waals surface area contributed by atoms with Gasteiger partial charge in [0.2, 0.25) is 6.10 Å². The molecular formula is C11H9N3O3. The van der Waals surface area contributed by atoms with Crippen molar-refractivity contribution in [3.63, 3.8) is 0 Å². The molecule has 6 nitrogen and oxygen atoms in total. The van der Waals surface area contributed by atoms with E-state index in [1.165, 1.54) is 0 Å². The molecule has 17 heavy (non-hydrogen) atoms. The Hall–Kier alpha value is -2.39. The molecule has 1 N–H and O–H groups in total. The lowest BCUT2D eigenvalue weighted by Crippen LogP contribution is -2.18. The van der Waals surface area contributed by atoms with Gasteiger partial charge in [0.05, 0.1) is 17.8 Å². The van der Waals surface area contributed by atoms with Gasteiger partial charge >= 0.3 is 5.97 Å². The van der Waals surface area contributed by atoms with Crippen LogP contribution in [0.2, 0.25) is 0 Å². The van der Waals surface area contributed by atoms with Crippen molar-refractivity contribution in [3.8, 4) is 6.07 Å². The van der Waals surface area contributed by atoms with Gasteiger partial charge in [-0.2, -0.15) is 5.26 Å². The Morgan fingerprint density at radius 3 is 3.18 bits per heavy atom. The normalized spacial score (nSPS) is 12.2. The first kappa shape index (κ1) is 11.1. The third-order valence-corrected chi connectivity index (χ3v) is 2.24. The summed E-state index contributed by atoms with van der Waals surface area (Å²) in [7, 11) is 0. The maximum Gasteiger partial charge on any atom is 0.340 e. The van der Waals surface area contributed by atoms with Crippen molar-refractivity contribution >= 4 is 11.5 Å². The summed E-state index contributed by atoms with van der Waals surface area (Å²) in [6.45, 7) is -0.293. The van der Waals surface area contributed by atoms with Gasteiger partial charge in [0.1, 0.15) is 6.61 Å². The standard InChI is InChI=1S/C11H9N3O3/c12-4-6-17-9(11(15)16)10-13-7-8-3-1-2-5-14(8)10/h1-3,5,7,9H,6H2,(H,15,16). The highest BCUT2D eigenvalue weighted by Crippen LogP contribution is 2.18. The number of imidazole rings is 1. The van der Waals surface area contributed by atoms with E-state index in [9.17, 15) is 4.79 Å². The Kier molecular flexibility index (Phi) is 3.03. The van der Waals surface area contributed by atoms with E-state index in [1.807, 2.05) is 6.07 Å². The highest BCUT2D eigenvalue weighted by Gasteiger charge is 2.25. The van der Waals surface area contributed by atoms with Crippen molar-refractivity contribution in [2.75, 3.05) is 6.61 Å². The van der Waals surface area contributed by atoms with Gasteiger partial charge < -0.3 is 14.2 Å². The van der Waals surface area contributed by atoms with Gasteiger partial charge in [0, 0.05) is 6.20 Å². The van der Waals surface area contributed by atoms with E-state index in [2.05, 4.69) is 4.98 Å². The number of rotatable bonds is 4. The van der Waals surface area contributed by atoms with Crippen molar-refractivity contribution in [1.29, 1.82) is 5.26 Å². The van der Waals surface area contributed by atoms with Crippen LogP contribution in [-0.2, 0) is 9.53 Å². The van der Waals surface area contributed by atoms with Crippen LogP contribution in [0.4, 0.5) is 0 Å². The Morgan fingerprint density at radius 1 is 1.65 bits per heavy atom. The van der Waals surface area contributed by atoms with E-state index in [-0.39, 0.29) is 12.4 Å². The van der Waals surface area contributed by atoms with Gasteiger partial charge in [-0.25, -0.2) is 9.78 Å². The van der Waals surface area contributed by atoms with E-state index in [0.717, 1.165) is 5.52 Å². The summed E-state index contributed by atoms with van der Waals surface area (Å²) in [4.78, 5) is 15.1. The lowest BCUT2D eigenvalue weighted by Gasteiger charge is -2.10. The Bertz CT molecular complexity index is 585. The molecular weight excluding hydrogens is 222 g/mol. The van der Waals surface area contributed by atoms with E-state index in [4.69, 9.17) is 15.1 Å². The van der Waals surface area contributed by atoms with Crippen LogP contribution in [0, 0.1) is 11.3 Å². The largest absolute Gasteiger partial charge is 0.479 e. The molecule has 0 aliphatic carbocycles. The quantitative estimate of drug-likeness (QED) is 0.848. The van der Waals surface area contributed by atoms with Gasteiger partial charge in [0.25, 0.3) is 0 Å². The zero-order valence-corrected chi connectivity index (χ0v) is 8.78. The molecule has 0 saturated carbocycles. The third-order valence-electron chi connectivity index (χ3n) is 2.24. The second-order valence-electron chi connectivity index (χ2n) is 3.30. The van der Waals surface area contributed by atoms with Crippen molar-refractivity contribution < 1.29 is 14.6 Å². The van der Waals surface area contributed by atoms with Crippen LogP contribution in [0.25, 0.3) is 5.52 Å².